The van der Waals surface area contributed by atoms with Gasteiger partial charge in [-0.25, -0.2) is 0 Å². The van der Waals surface area contributed by atoms with Crippen LogP contribution in [-0.4, -0.2) is 32.1 Å². The van der Waals surface area contributed by atoms with Crippen LogP contribution in [0, 0.1) is 5.41 Å². The fourth-order valence-electron chi connectivity index (χ4n) is 0.991. The first-order chi connectivity index (χ1) is 7.15. The first kappa shape index (κ1) is 6.79. The van der Waals surface area contributed by atoms with Crippen LogP contribution in [0.15, 0.2) is 0 Å². The summed E-state index contributed by atoms with van der Waals surface area (Å²) in [6.45, 7) is 0.338. The zero-order valence-electron chi connectivity index (χ0n) is 11.0. The lowest BCUT2D eigenvalue weighted by atomic mass is 9.92. The van der Waals surface area contributed by atoms with Crippen LogP contribution in [0.5, 0.6) is 0 Å². The monoisotopic (exact) mass is 191 g/mol. The van der Waals surface area contributed by atoms with E-state index in [1.54, 1.807) is 13.8 Å². The lowest BCUT2D eigenvalue weighted by molar-refractivity contribution is -0.281. The third-order valence-electron chi connectivity index (χ3n) is 1.91. The Morgan fingerprint density at radius 3 is 2.38 bits per heavy atom. The molecule has 76 valence electrons. The van der Waals surface area contributed by atoms with Crippen molar-refractivity contribution in [3.8, 4) is 0 Å². The molecule has 0 radical (unpaired) electrons. The second-order valence-electron chi connectivity index (χ2n) is 3.55. The number of carbonyl (C=O) groups excluding carboxylic acids is 1. The predicted octanol–water partition coefficient (Wildman–Crippen LogP) is 0.949. The number of ether oxygens (including phenoxy) is 3. The van der Waals surface area contributed by atoms with Gasteiger partial charge in [-0.2, -0.15) is 0 Å². The molecule has 1 saturated heterocycles. The summed E-state index contributed by atoms with van der Waals surface area (Å²) in [5, 5.41) is 0. The molecule has 0 spiro atoms. The highest BCUT2D eigenvalue weighted by molar-refractivity contribution is 5.76. The lowest BCUT2D eigenvalue weighted by Gasteiger charge is -2.39. The average Bonchev–Trinajstić information content (AvgIpc) is 2.15. The molecule has 0 unspecified atom stereocenters. The predicted molar refractivity (Wildman–Crippen MR) is 46.1 cm³/mol. The maximum Gasteiger partial charge on any atom is 0.316 e. The number of esters is 1. The number of rotatable bonds is 1. The van der Waals surface area contributed by atoms with E-state index in [1.807, 2.05) is 0 Å². The van der Waals surface area contributed by atoms with Crippen molar-refractivity contribution in [2.45, 2.75) is 26.5 Å². The summed E-state index contributed by atoms with van der Waals surface area (Å²) in [4.78, 5) is 11.6. The SMILES string of the molecule is [2H]C([2H])([2H])C1(C(=O)OC)COC(C)(C)OC1. The van der Waals surface area contributed by atoms with Crippen LogP contribution in [0.2, 0.25) is 0 Å². The van der Waals surface area contributed by atoms with Crippen LogP contribution in [0.25, 0.3) is 0 Å². The molecule has 13 heavy (non-hydrogen) atoms. The fraction of sp³-hybridized carbons (Fsp3) is 0.889. The van der Waals surface area contributed by atoms with Crippen LogP contribution in [0.1, 0.15) is 24.8 Å². The molecule has 0 aromatic heterocycles. The minimum absolute atomic E-state index is 0.233. The summed E-state index contributed by atoms with van der Waals surface area (Å²) in [6, 6.07) is 0. The minimum Gasteiger partial charge on any atom is -0.468 e. The second-order valence-corrected chi connectivity index (χ2v) is 3.55. The van der Waals surface area contributed by atoms with Gasteiger partial charge in [-0.3, -0.25) is 4.79 Å². The topological polar surface area (TPSA) is 44.8 Å². The van der Waals surface area contributed by atoms with E-state index in [-0.39, 0.29) is 13.2 Å². The van der Waals surface area contributed by atoms with E-state index >= 15 is 0 Å². The average molecular weight is 191 g/mol. The quantitative estimate of drug-likeness (QED) is 0.579. The summed E-state index contributed by atoms with van der Waals surface area (Å²) >= 11 is 0. The van der Waals surface area contributed by atoms with Gasteiger partial charge in [0.25, 0.3) is 0 Å². The Bertz CT molecular complexity index is 275. The van der Waals surface area contributed by atoms with Crippen molar-refractivity contribution in [1.82, 2.24) is 0 Å². The molecular weight excluding hydrogens is 172 g/mol. The Hall–Kier alpha value is -0.610. The number of methoxy groups -OCH3 is 1. The molecule has 4 nitrogen and oxygen atoms in total. The molecule has 0 atom stereocenters. The molecule has 0 aromatic carbocycles. The van der Waals surface area contributed by atoms with Crippen LogP contribution >= 0.6 is 0 Å². The van der Waals surface area contributed by atoms with Crippen LogP contribution in [0.3, 0.4) is 0 Å². The number of hydrogen-bond donors (Lipinski definition) is 0. The van der Waals surface area contributed by atoms with Crippen molar-refractivity contribution in [2.75, 3.05) is 20.3 Å². The number of carbonyl (C=O) groups is 1. The van der Waals surface area contributed by atoms with Crippen molar-refractivity contribution < 1.29 is 23.1 Å². The standard InChI is InChI=1S/C9H16O4/c1-8(2)12-5-9(3,6-13-8)7(10)11-4/h5-6H2,1-4H3/i3D3. The van der Waals surface area contributed by atoms with Crippen molar-refractivity contribution in [2.24, 2.45) is 5.41 Å². The fourth-order valence-corrected chi connectivity index (χ4v) is 0.991. The molecule has 1 aliphatic rings. The van der Waals surface area contributed by atoms with Crippen molar-refractivity contribution in [3.05, 3.63) is 0 Å². The smallest absolute Gasteiger partial charge is 0.316 e. The lowest BCUT2D eigenvalue weighted by Crippen LogP contribution is -2.49. The Morgan fingerprint density at radius 2 is 2.00 bits per heavy atom. The van der Waals surface area contributed by atoms with E-state index in [4.69, 9.17) is 13.6 Å². The van der Waals surface area contributed by atoms with E-state index in [1.165, 1.54) is 0 Å². The van der Waals surface area contributed by atoms with E-state index in [0.29, 0.717) is 0 Å². The number of hydrogen-bond acceptors (Lipinski definition) is 4. The summed E-state index contributed by atoms with van der Waals surface area (Å²) in [6.07, 6.45) is 0. The zero-order valence-corrected chi connectivity index (χ0v) is 8.05. The van der Waals surface area contributed by atoms with Gasteiger partial charge in [0.05, 0.1) is 20.3 Å². The highest BCUT2D eigenvalue weighted by atomic mass is 16.7. The second kappa shape index (κ2) is 3.27. The third-order valence-corrected chi connectivity index (χ3v) is 1.91. The largest absolute Gasteiger partial charge is 0.468 e. The van der Waals surface area contributed by atoms with E-state index in [2.05, 4.69) is 4.74 Å². The summed E-state index contributed by atoms with van der Waals surface area (Å²) in [7, 11) is 1.15. The van der Waals surface area contributed by atoms with Crippen LogP contribution in [-0.2, 0) is 19.0 Å². The Balaban J connectivity index is 2.97. The van der Waals surface area contributed by atoms with Gasteiger partial charge in [-0.1, -0.05) is 0 Å². The summed E-state index contributed by atoms with van der Waals surface area (Å²) in [5.74, 6) is -1.70. The van der Waals surface area contributed by atoms with Gasteiger partial charge >= 0.3 is 5.97 Å². The van der Waals surface area contributed by atoms with E-state index in [0.717, 1.165) is 7.11 Å². The molecule has 1 rings (SSSR count). The van der Waals surface area contributed by atoms with Crippen LogP contribution < -0.4 is 0 Å². The Kier molecular flexibility index (Phi) is 1.71. The Morgan fingerprint density at radius 1 is 1.46 bits per heavy atom. The summed E-state index contributed by atoms with van der Waals surface area (Å²) < 4.78 is 37.3. The van der Waals surface area contributed by atoms with E-state index in [9.17, 15) is 4.79 Å². The van der Waals surface area contributed by atoms with Gasteiger partial charge in [-0.15, -0.1) is 0 Å². The minimum atomic E-state index is -2.52. The van der Waals surface area contributed by atoms with Gasteiger partial charge in [0.15, 0.2) is 5.79 Å². The summed E-state index contributed by atoms with van der Waals surface area (Å²) in [5.41, 5.74) is -1.72. The highest BCUT2D eigenvalue weighted by Crippen LogP contribution is 2.30. The molecular formula is C9H16O4. The maximum absolute atomic E-state index is 11.6. The first-order valence-corrected chi connectivity index (χ1v) is 4.01. The molecule has 0 amide bonds. The normalized spacial score (nSPS) is 29.6. The maximum atomic E-state index is 11.6. The van der Waals surface area contributed by atoms with Gasteiger partial charge in [0.1, 0.15) is 5.41 Å². The molecule has 1 fully saturated rings. The van der Waals surface area contributed by atoms with Crippen molar-refractivity contribution >= 4 is 5.97 Å². The van der Waals surface area contributed by atoms with Crippen molar-refractivity contribution in [1.29, 1.82) is 0 Å². The third kappa shape index (κ3) is 2.19. The van der Waals surface area contributed by atoms with Gasteiger partial charge in [-0.05, 0) is 20.7 Å². The molecule has 0 aliphatic carbocycles. The first-order valence-electron chi connectivity index (χ1n) is 5.51. The van der Waals surface area contributed by atoms with Gasteiger partial charge in [0.2, 0.25) is 0 Å². The molecule has 0 bridgehead atoms. The molecule has 0 aromatic rings. The molecule has 4 heteroatoms. The van der Waals surface area contributed by atoms with Gasteiger partial charge < -0.3 is 14.2 Å². The zero-order chi connectivity index (χ0) is 12.6. The molecule has 0 N–H and O–H groups in total. The molecule has 0 saturated carbocycles. The van der Waals surface area contributed by atoms with Crippen LogP contribution in [0.4, 0.5) is 0 Å². The highest BCUT2D eigenvalue weighted by Gasteiger charge is 2.42. The van der Waals surface area contributed by atoms with E-state index < -0.39 is 24.0 Å². The Labute approximate surface area is 82.4 Å². The van der Waals surface area contributed by atoms with Gasteiger partial charge in [0, 0.05) is 4.11 Å². The molecule has 1 aliphatic heterocycles. The molecule has 1 heterocycles. The van der Waals surface area contributed by atoms with Crippen molar-refractivity contribution in [3.63, 3.8) is 0 Å².